The lowest BCUT2D eigenvalue weighted by Gasteiger charge is -2.33. The van der Waals surface area contributed by atoms with Crippen LogP contribution in [0.25, 0.3) is 0 Å². The molecule has 0 radical (unpaired) electrons. The number of carboxylic acids is 2. The van der Waals surface area contributed by atoms with E-state index in [4.69, 9.17) is 30.9 Å². The molecule has 10 nitrogen and oxygen atoms in total. The van der Waals surface area contributed by atoms with Gasteiger partial charge in [-0.05, 0) is 12.8 Å². The zero-order valence-electron chi connectivity index (χ0n) is 18.3. The van der Waals surface area contributed by atoms with Gasteiger partial charge >= 0.3 is 18.1 Å². The third-order valence-corrected chi connectivity index (χ3v) is 4.87. The molecule has 0 bridgehead atoms. The van der Waals surface area contributed by atoms with Crippen molar-refractivity contribution in [3.8, 4) is 0 Å². The Morgan fingerprint density at radius 2 is 1.59 bits per heavy atom. The van der Waals surface area contributed by atoms with Gasteiger partial charge < -0.3 is 25.6 Å². The van der Waals surface area contributed by atoms with Gasteiger partial charge in [0.15, 0.2) is 5.78 Å². The number of amides is 1. The average molecular weight is 489 g/mol. The molecule has 1 fully saturated rings. The first-order valence-corrected chi connectivity index (χ1v) is 10.1. The molecule has 0 aromatic heterocycles. The third-order valence-electron chi connectivity index (χ3n) is 4.87. The van der Waals surface area contributed by atoms with Crippen molar-refractivity contribution in [1.29, 1.82) is 5.41 Å². The van der Waals surface area contributed by atoms with Gasteiger partial charge in [-0.3, -0.25) is 15.0 Å². The number of nitrogen functional groups attached to an aromatic ring is 1. The van der Waals surface area contributed by atoms with Crippen LogP contribution in [0.15, 0.2) is 24.3 Å². The van der Waals surface area contributed by atoms with Crippen LogP contribution < -0.4 is 5.73 Å². The largest absolute Gasteiger partial charge is 0.490 e. The summed E-state index contributed by atoms with van der Waals surface area (Å²) in [5.74, 6) is -4.48. The molecule has 2 rings (SSSR count). The second-order valence-corrected chi connectivity index (χ2v) is 7.55. The number of rotatable bonds is 8. The molecule has 0 saturated carbocycles. The fourth-order valence-corrected chi connectivity index (χ4v) is 3.06. The zero-order valence-corrected chi connectivity index (χ0v) is 18.3. The average Bonchev–Trinajstić information content (AvgIpc) is 2.77. The Bertz CT molecular complexity index is 896. The maximum Gasteiger partial charge on any atom is 0.490 e. The van der Waals surface area contributed by atoms with Crippen LogP contribution in [0.4, 0.5) is 13.2 Å². The second-order valence-electron chi connectivity index (χ2n) is 7.55. The van der Waals surface area contributed by atoms with E-state index < -0.39 is 24.0 Å². The van der Waals surface area contributed by atoms with E-state index in [-0.39, 0.29) is 36.7 Å². The molecule has 34 heavy (non-hydrogen) atoms. The summed E-state index contributed by atoms with van der Waals surface area (Å²) in [4.78, 5) is 46.1. The SMILES string of the molecule is C[C@H](CC(=O)c1ccc(C(=N)N)cc1)C(=O)N1CCC(OCC(=O)O)CC1.O=C(O)C(F)(F)F. The van der Waals surface area contributed by atoms with E-state index in [1.807, 2.05) is 0 Å². The molecule has 5 N–H and O–H groups in total. The number of hydrogen-bond acceptors (Lipinski definition) is 6. The van der Waals surface area contributed by atoms with Gasteiger partial charge in [-0.2, -0.15) is 13.2 Å². The number of amidine groups is 1. The molecule has 188 valence electrons. The number of carbonyl (C=O) groups is 4. The molecule has 1 amide bonds. The van der Waals surface area contributed by atoms with Gasteiger partial charge in [0, 0.05) is 36.6 Å². The summed E-state index contributed by atoms with van der Waals surface area (Å²) in [7, 11) is 0. The van der Waals surface area contributed by atoms with Crippen LogP contribution in [-0.4, -0.2) is 76.6 Å². The number of likely N-dealkylation sites (tertiary alicyclic amines) is 1. The number of Topliss-reactive ketones (excluding diaryl/α,β-unsaturated/α-hetero) is 1. The predicted octanol–water partition coefficient (Wildman–Crippen LogP) is 1.91. The first kappa shape index (κ1) is 28.6. The van der Waals surface area contributed by atoms with Crippen molar-refractivity contribution in [2.45, 2.75) is 38.5 Å². The van der Waals surface area contributed by atoms with Gasteiger partial charge in [-0.25, -0.2) is 9.59 Å². The van der Waals surface area contributed by atoms with E-state index in [1.165, 1.54) is 0 Å². The minimum absolute atomic E-state index is 0.0618. The number of halogens is 3. The van der Waals surface area contributed by atoms with Crippen molar-refractivity contribution in [3.05, 3.63) is 35.4 Å². The van der Waals surface area contributed by atoms with Crippen LogP contribution in [0.2, 0.25) is 0 Å². The smallest absolute Gasteiger partial charge is 0.480 e. The number of carbonyl (C=O) groups excluding carboxylic acids is 2. The summed E-state index contributed by atoms with van der Waals surface area (Å²) in [5, 5.41) is 23.1. The normalized spacial score (nSPS) is 15.0. The summed E-state index contributed by atoms with van der Waals surface area (Å²) >= 11 is 0. The molecule has 1 atom stereocenters. The van der Waals surface area contributed by atoms with Gasteiger partial charge in [0.25, 0.3) is 0 Å². The summed E-state index contributed by atoms with van der Waals surface area (Å²) in [6.45, 7) is 2.40. The second kappa shape index (κ2) is 12.7. The number of ketones is 1. The van der Waals surface area contributed by atoms with Crippen LogP contribution in [0, 0.1) is 11.3 Å². The number of alkyl halides is 3. The molecule has 0 unspecified atom stereocenters. The Morgan fingerprint density at radius 1 is 1.12 bits per heavy atom. The number of ether oxygens (including phenoxy) is 1. The van der Waals surface area contributed by atoms with E-state index in [1.54, 1.807) is 36.1 Å². The molecule has 1 saturated heterocycles. The van der Waals surface area contributed by atoms with Gasteiger partial charge in [0.2, 0.25) is 5.91 Å². The number of carboxylic acid groups (broad SMARTS) is 2. The van der Waals surface area contributed by atoms with Crippen LogP contribution in [0.1, 0.15) is 42.1 Å². The standard InChI is InChI=1S/C19H25N3O5.C2HF3O2/c1-12(10-16(23)13-2-4-14(5-3-13)18(20)21)19(26)22-8-6-15(7-9-22)27-11-17(24)25;3-2(4,5)1(6)7/h2-5,12,15H,6-11H2,1H3,(H3,20,21)(H,24,25);(H,6,7)/t12-;/m1./s1. The Labute approximate surface area is 193 Å². The molecule has 13 heteroatoms. The fraction of sp³-hybridized carbons (Fsp3) is 0.476. The number of aliphatic carboxylic acids is 2. The van der Waals surface area contributed by atoms with Crippen LogP contribution in [0.5, 0.6) is 0 Å². The Hall–Kier alpha value is -3.48. The van der Waals surface area contributed by atoms with Crippen molar-refractivity contribution in [3.63, 3.8) is 0 Å². The third kappa shape index (κ3) is 9.57. The maximum absolute atomic E-state index is 12.6. The molecule has 1 aromatic rings. The van der Waals surface area contributed by atoms with Crippen molar-refractivity contribution >= 4 is 29.5 Å². The fourth-order valence-electron chi connectivity index (χ4n) is 3.06. The monoisotopic (exact) mass is 489 g/mol. The molecule has 1 aliphatic rings. The Balaban J connectivity index is 0.000000718. The molecule has 0 aliphatic carbocycles. The van der Waals surface area contributed by atoms with E-state index in [0.29, 0.717) is 37.1 Å². The van der Waals surface area contributed by atoms with E-state index in [0.717, 1.165) is 0 Å². The lowest BCUT2D eigenvalue weighted by atomic mass is 9.96. The topological polar surface area (TPSA) is 171 Å². The quantitative estimate of drug-likeness (QED) is 0.244. The highest BCUT2D eigenvalue weighted by molar-refractivity contribution is 6.00. The molecule has 1 aliphatic heterocycles. The van der Waals surface area contributed by atoms with Crippen LogP contribution in [0.3, 0.4) is 0 Å². The van der Waals surface area contributed by atoms with Gasteiger partial charge in [-0.1, -0.05) is 31.2 Å². The van der Waals surface area contributed by atoms with Crippen molar-refractivity contribution in [1.82, 2.24) is 4.90 Å². The van der Waals surface area contributed by atoms with Crippen molar-refractivity contribution < 1.29 is 47.3 Å². The maximum atomic E-state index is 12.6. The first-order valence-electron chi connectivity index (χ1n) is 10.1. The van der Waals surface area contributed by atoms with Crippen LogP contribution >= 0.6 is 0 Å². The number of nitrogens with zero attached hydrogens (tertiary/aromatic N) is 1. The molecule has 1 heterocycles. The highest BCUT2D eigenvalue weighted by Crippen LogP contribution is 2.19. The number of hydrogen-bond donors (Lipinski definition) is 4. The number of piperidine rings is 1. The molecule has 1 aromatic carbocycles. The van der Waals surface area contributed by atoms with Crippen LogP contribution in [-0.2, 0) is 19.1 Å². The van der Waals surface area contributed by atoms with Gasteiger partial charge in [0.05, 0.1) is 6.10 Å². The number of nitrogens with two attached hydrogens (primary N) is 1. The van der Waals surface area contributed by atoms with E-state index in [9.17, 15) is 27.6 Å². The Kier molecular flexibility index (Phi) is 10.6. The van der Waals surface area contributed by atoms with E-state index >= 15 is 0 Å². The zero-order chi connectivity index (χ0) is 26.1. The predicted molar refractivity (Wildman–Crippen MR) is 112 cm³/mol. The molecule has 0 spiro atoms. The van der Waals surface area contributed by atoms with E-state index in [2.05, 4.69) is 0 Å². The van der Waals surface area contributed by atoms with Gasteiger partial charge in [0.1, 0.15) is 12.4 Å². The number of nitrogens with one attached hydrogen (secondary N) is 1. The number of benzene rings is 1. The summed E-state index contributed by atoms with van der Waals surface area (Å²) in [5.41, 5.74) is 6.43. The summed E-state index contributed by atoms with van der Waals surface area (Å²) in [6, 6.07) is 6.46. The van der Waals surface area contributed by atoms with Gasteiger partial charge in [-0.15, -0.1) is 0 Å². The van der Waals surface area contributed by atoms with Crippen molar-refractivity contribution in [2.75, 3.05) is 19.7 Å². The minimum Gasteiger partial charge on any atom is -0.480 e. The minimum atomic E-state index is -5.08. The molecular formula is C21H26F3N3O7. The lowest BCUT2D eigenvalue weighted by Crippen LogP contribution is -2.43. The lowest BCUT2D eigenvalue weighted by molar-refractivity contribution is -0.192. The summed E-state index contributed by atoms with van der Waals surface area (Å²) < 4.78 is 37.0. The Morgan fingerprint density at radius 3 is 2.00 bits per heavy atom. The first-order chi connectivity index (χ1) is 15.7. The summed E-state index contributed by atoms with van der Waals surface area (Å²) in [6.07, 6.45) is -3.95. The highest BCUT2D eigenvalue weighted by atomic mass is 19.4. The van der Waals surface area contributed by atoms with Crippen molar-refractivity contribution in [2.24, 2.45) is 11.7 Å². The molecular weight excluding hydrogens is 463 g/mol. The highest BCUT2D eigenvalue weighted by Gasteiger charge is 2.38.